The van der Waals surface area contributed by atoms with E-state index in [-0.39, 0.29) is 22.7 Å². The lowest BCUT2D eigenvalue weighted by atomic mass is 10.1. The first-order valence-corrected chi connectivity index (χ1v) is 8.68. The highest BCUT2D eigenvalue weighted by molar-refractivity contribution is 7.22. The Hall–Kier alpha value is -3.19. The van der Waals surface area contributed by atoms with Gasteiger partial charge in [0.05, 0.1) is 29.6 Å². The number of carboxylic acid groups (broad SMARTS) is 1. The summed E-state index contributed by atoms with van der Waals surface area (Å²) in [5.74, 6) is -0.995. The highest BCUT2D eigenvalue weighted by Gasteiger charge is 2.24. The lowest BCUT2D eigenvalue weighted by Gasteiger charge is -2.11. The second-order valence-corrected chi connectivity index (χ2v) is 6.72. The van der Waals surface area contributed by atoms with Crippen LogP contribution in [0.3, 0.4) is 0 Å². The van der Waals surface area contributed by atoms with Gasteiger partial charge in [-0.25, -0.2) is 4.79 Å². The molecule has 0 bridgehead atoms. The number of carbonyl (C=O) groups is 1. The molecule has 1 aromatic carbocycles. The standard InChI is InChI=1S/C19H14N2O4S/c1-25-15-14-16(26-17(15)19(23)24)12-7-2-3-8-13(12)21(18(14)22)10-11-6-4-5-9-20-11/h2-9H,10H2,1H3,(H,23,24). The van der Waals surface area contributed by atoms with Crippen molar-refractivity contribution in [1.29, 1.82) is 0 Å². The average Bonchev–Trinajstić information content (AvgIpc) is 3.06. The number of ether oxygens (including phenoxy) is 1. The highest BCUT2D eigenvalue weighted by atomic mass is 32.1. The van der Waals surface area contributed by atoms with Gasteiger partial charge >= 0.3 is 5.97 Å². The Balaban J connectivity index is 2.12. The number of methoxy groups -OCH3 is 1. The maximum absolute atomic E-state index is 13.2. The molecule has 0 saturated heterocycles. The first kappa shape index (κ1) is 16.3. The van der Waals surface area contributed by atoms with Gasteiger partial charge in [-0.1, -0.05) is 24.3 Å². The van der Waals surface area contributed by atoms with Crippen molar-refractivity contribution in [3.63, 3.8) is 0 Å². The monoisotopic (exact) mass is 366 g/mol. The Morgan fingerprint density at radius 3 is 2.69 bits per heavy atom. The van der Waals surface area contributed by atoms with Crippen LogP contribution in [0.1, 0.15) is 15.4 Å². The second-order valence-electron chi connectivity index (χ2n) is 5.70. The fraction of sp³-hybridized carbons (Fsp3) is 0.105. The lowest BCUT2D eigenvalue weighted by Crippen LogP contribution is -2.21. The highest BCUT2D eigenvalue weighted by Crippen LogP contribution is 2.39. The van der Waals surface area contributed by atoms with Crippen molar-refractivity contribution in [3.05, 3.63) is 69.6 Å². The SMILES string of the molecule is COc1c(C(=O)O)sc2c1c(=O)n(Cc1ccccn1)c1ccccc21. The quantitative estimate of drug-likeness (QED) is 0.599. The van der Waals surface area contributed by atoms with E-state index < -0.39 is 5.97 Å². The van der Waals surface area contributed by atoms with Gasteiger partial charge in [0.15, 0.2) is 10.6 Å². The molecule has 7 heteroatoms. The molecular weight excluding hydrogens is 352 g/mol. The lowest BCUT2D eigenvalue weighted by molar-refractivity contribution is 0.0699. The smallest absolute Gasteiger partial charge is 0.349 e. The molecule has 4 aromatic rings. The molecule has 26 heavy (non-hydrogen) atoms. The normalized spacial score (nSPS) is 11.1. The second kappa shape index (κ2) is 6.27. The molecule has 0 fully saturated rings. The third kappa shape index (κ3) is 2.44. The first-order valence-electron chi connectivity index (χ1n) is 7.87. The summed E-state index contributed by atoms with van der Waals surface area (Å²) >= 11 is 1.06. The van der Waals surface area contributed by atoms with E-state index in [2.05, 4.69) is 4.98 Å². The van der Waals surface area contributed by atoms with Crippen LogP contribution in [0.25, 0.3) is 21.0 Å². The molecule has 0 spiro atoms. The topological polar surface area (TPSA) is 81.4 Å². The largest absolute Gasteiger partial charge is 0.494 e. The molecule has 0 aliphatic rings. The van der Waals surface area contributed by atoms with Crippen molar-refractivity contribution in [2.75, 3.05) is 7.11 Å². The zero-order chi connectivity index (χ0) is 18.3. The van der Waals surface area contributed by atoms with E-state index in [1.807, 2.05) is 42.5 Å². The van der Waals surface area contributed by atoms with Crippen LogP contribution in [0.2, 0.25) is 0 Å². The molecular formula is C19H14N2O4S. The molecule has 3 heterocycles. The van der Waals surface area contributed by atoms with Crippen LogP contribution in [0.4, 0.5) is 0 Å². The molecule has 1 N–H and O–H groups in total. The predicted octanol–water partition coefficient (Wildman–Crippen LogP) is 3.37. The van der Waals surface area contributed by atoms with Gasteiger partial charge in [-0.3, -0.25) is 9.78 Å². The van der Waals surface area contributed by atoms with E-state index in [0.717, 1.165) is 27.9 Å². The minimum Gasteiger partial charge on any atom is -0.494 e. The Kier molecular flexibility index (Phi) is 3.93. The first-order chi connectivity index (χ1) is 12.6. The summed E-state index contributed by atoms with van der Waals surface area (Å²) in [6.07, 6.45) is 1.68. The van der Waals surface area contributed by atoms with Crippen LogP contribution in [0, 0.1) is 0 Å². The number of nitrogens with zero attached hydrogens (tertiary/aromatic N) is 2. The van der Waals surface area contributed by atoms with Crippen LogP contribution >= 0.6 is 11.3 Å². The molecule has 0 saturated carbocycles. The summed E-state index contributed by atoms with van der Waals surface area (Å²) in [5, 5.41) is 10.6. The fourth-order valence-electron chi connectivity index (χ4n) is 3.09. The minimum atomic E-state index is -1.11. The average molecular weight is 366 g/mol. The number of fused-ring (bicyclic) bond motifs is 3. The minimum absolute atomic E-state index is 0.0281. The zero-order valence-electron chi connectivity index (χ0n) is 13.8. The van der Waals surface area contributed by atoms with Crippen molar-refractivity contribution in [3.8, 4) is 5.75 Å². The number of aromatic nitrogens is 2. The summed E-state index contributed by atoms with van der Waals surface area (Å²) in [7, 11) is 1.38. The van der Waals surface area contributed by atoms with Crippen LogP contribution in [-0.4, -0.2) is 27.7 Å². The van der Waals surface area contributed by atoms with Crippen LogP contribution in [0.15, 0.2) is 53.5 Å². The van der Waals surface area contributed by atoms with Gasteiger partial charge in [-0.2, -0.15) is 0 Å². The Morgan fingerprint density at radius 1 is 1.23 bits per heavy atom. The molecule has 3 aromatic heterocycles. The van der Waals surface area contributed by atoms with E-state index >= 15 is 0 Å². The van der Waals surface area contributed by atoms with Gasteiger partial charge in [0.25, 0.3) is 5.56 Å². The van der Waals surface area contributed by atoms with Gasteiger partial charge in [-0.15, -0.1) is 11.3 Å². The number of carboxylic acids is 1. The number of hydrogen-bond acceptors (Lipinski definition) is 5. The van der Waals surface area contributed by atoms with Gasteiger partial charge < -0.3 is 14.4 Å². The molecule has 0 aliphatic carbocycles. The summed E-state index contributed by atoms with van der Waals surface area (Å²) < 4.78 is 7.53. The maximum Gasteiger partial charge on any atom is 0.349 e. The van der Waals surface area contributed by atoms with Gasteiger partial charge in [0, 0.05) is 11.6 Å². The molecule has 0 unspecified atom stereocenters. The molecule has 130 valence electrons. The summed E-state index contributed by atoms with van der Waals surface area (Å²) in [5.41, 5.74) is 1.19. The van der Waals surface area contributed by atoms with E-state index in [4.69, 9.17) is 4.74 Å². The molecule has 0 radical (unpaired) electrons. The molecule has 0 amide bonds. The van der Waals surface area contributed by atoms with E-state index in [9.17, 15) is 14.7 Å². The number of benzene rings is 1. The van der Waals surface area contributed by atoms with Crippen LogP contribution in [0.5, 0.6) is 5.75 Å². The summed E-state index contributed by atoms with van der Waals surface area (Å²) in [6.45, 7) is 0.289. The fourth-order valence-corrected chi connectivity index (χ4v) is 4.23. The van der Waals surface area contributed by atoms with E-state index in [1.165, 1.54) is 7.11 Å². The zero-order valence-corrected chi connectivity index (χ0v) is 14.6. The number of aromatic carboxylic acids is 1. The van der Waals surface area contributed by atoms with Gasteiger partial charge in [0.1, 0.15) is 5.39 Å². The van der Waals surface area contributed by atoms with Crippen molar-refractivity contribution >= 4 is 38.3 Å². The predicted molar refractivity (Wildman–Crippen MR) is 100 cm³/mol. The molecule has 0 atom stereocenters. The van der Waals surface area contributed by atoms with Crippen molar-refractivity contribution in [1.82, 2.24) is 9.55 Å². The van der Waals surface area contributed by atoms with Crippen LogP contribution in [-0.2, 0) is 6.54 Å². The number of para-hydroxylation sites is 1. The van der Waals surface area contributed by atoms with Gasteiger partial charge in [-0.05, 0) is 18.2 Å². The number of hydrogen-bond donors (Lipinski definition) is 1. The van der Waals surface area contributed by atoms with Crippen molar-refractivity contribution in [2.45, 2.75) is 6.54 Å². The summed E-state index contributed by atoms with van der Waals surface area (Å²) in [4.78, 5) is 29.1. The number of thiophene rings is 1. The van der Waals surface area contributed by atoms with Crippen molar-refractivity contribution < 1.29 is 14.6 Å². The molecule has 4 rings (SSSR count). The Morgan fingerprint density at radius 2 is 2.00 bits per heavy atom. The van der Waals surface area contributed by atoms with E-state index in [1.54, 1.807) is 10.8 Å². The molecule has 0 aliphatic heterocycles. The maximum atomic E-state index is 13.2. The Labute approximate surface area is 151 Å². The molecule has 6 nitrogen and oxygen atoms in total. The third-order valence-corrected chi connectivity index (χ3v) is 5.40. The number of rotatable bonds is 4. The van der Waals surface area contributed by atoms with Gasteiger partial charge in [0.2, 0.25) is 0 Å². The summed E-state index contributed by atoms with van der Waals surface area (Å²) in [6, 6.07) is 13.0. The third-order valence-electron chi connectivity index (χ3n) is 4.21. The van der Waals surface area contributed by atoms with E-state index in [0.29, 0.717) is 10.1 Å². The van der Waals surface area contributed by atoms with Crippen LogP contribution < -0.4 is 10.3 Å². The van der Waals surface area contributed by atoms with Crippen molar-refractivity contribution in [2.24, 2.45) is 0 Å². The Bertz CT molecular complexity index is 1200. The number of pyridine rings is 2.